The number of aryl methyl sites for hydroxylation is 2. The van der Waals surface area contributed by atoms with Crippen LogP contribution in [-0.4, -0.2) is 58.3 Å². The summed E-state index contributed by atoms with van der Waals surface area (Å²) in [5, 5.41) is 2.93. The maximum atomic E-state index is 13.1. The lowest BCUT2D eigenvalue weighted by Gasteiger charge is -2.35. The highest BCUT2D eigenvalue weighted by Gasteiger charge is 2.27. The van der Waals surface area contributed by atoms with Gasteiger partial charge in [-0.2, -0.15) is 0 Å². The summed E-state index contributed by atoms with van der Waals surface area (Å²) in [6, 6.07) is 18.5. The molecule has 0 atom stereocenters. The van der Waals surface area contributed by atoms with Crippen LogP contribution in [0.25, 0.3) is 0 Å². The van der Waals surface area contributed by atoms with Crippen LogP contribution in [0.3, 0.4) is 0 Å². The predicted octanol–water partition coefficient (Wildman–Crippen LogP) is 3.34. The number of hydrogen-bond donors (Lipinski definition) is 1. The Morgan fingerprint density at radius 2 is 1.48 bits per heavy atom. The molecule has 0 aliphatic carbocycles. The molecule has 0 spiro atoms. The van der Waals surface area contributed by atoms with Crippen molar-refractivity contribution in [3.05, 3.63) is 89.2 Å². The highest BCUT2D eigenvalue weighted by Crippen LogP contribution is 2.17. The fourth-order valence-corrected chi connectivity index (χ4v) is 4.08. The van der Waals surface area contributed by atoms with Gasteiger partial charge in [-0.15, -0.1) is 0 Å². The zero-order chi connectivity index (χ0) is 23.4. The quantitative estimate of drug-likeness (QED) is 0.656. The van der Waals surface area contributed by atoms with Crippen LogP contribution in [0.2, 0.25) is 0 Å². The van der Waals surface area contributed by atoms with E-state index in [0.29, 0.717) is 37.4 Å². The molecule has 1 aliphatic rings. The molecule has 0 unspecified atom stereocenters. The van der Waals surface area contributed by atoms with Gasteiger partial charge < -0.3 is 19.7 Å². The van der Waals surface area contributed by atoms with Gasteiger partial charge in [-0.3, -0.25) is 14.4 Å². The predicted molar refractivity (Wildman–Crippen MR) is 127 cm³/mol. The number of nitrogens with one attached hydrogen (secondary N) is 1. The molecule has 0 radical (unpaired) electrons. The zero-order valence-electron chi connectivity index (χ0n) is 19.0. The van der Waals surface area contributed by atoms with Gasteiger partial charge in [0.1, 0.15) is 12.2 Å². The Morgan fingerprint density at radius 1 is 0.818 bits per heavy atom. The molecule has 1 fully saturated rings. The molecule has 3 amide bonds. The monoisotopic (exact) mass is 444 g/mol. The lowest BCUT2D eigenvalue weighted by Crippen LogP contribution is -2.51. The van der Waals surface area contributed by atoms with Crippen molar-refractivity contribution < 1.29 is 14.4 Å². The first-order chi connectivity index (χ1) is 15.9. The summed E-state index contributed by atoms with van der Waals surface area (Å²) in [6.45, 7) is 5.88. The molecule has 2 heterocycles. The lowest BCUT2D eigenvalue weighted by molar-refractivity contribution is -0.116. The molecule has 1 saturated heterocycles. The first-order valence-corrected chi connectivity index (χ1v) is 11.1. The standard InChI is InChI=1S/C26H28N4O3/c1-19-10-11-22(20(2)17-19)27-24(31)18-30-12-6-9-23(30)26(33)29-15-13-28(14-16-29)25(32)21-7-4-3-5-8-21/h3-12,17H,13-16,18H2,1-2H3,(H,27,31). The van der Waals surface area contributed by atoms with Crippen LogP contribution in [0.15, 0.2) is 66.9 Å². The molecule has 33 heavy (non-hydrogen) atoms. The summed E-state index contributed by atoms with van der Waals surface area (Å²) in [7, 11) is 0. The molecule has 2 aromatic carbocycles. The number of piperazine rings is 1. The Labute approximate surface area is 193 Å². The first-order valence-electron chi connectivity index (χ1n) is 11.1. The third kappa shape index (κ3) is 5.14. The summed E-state index contributed by atoms with van der Waals surface area (Å²) >= 11 is 0. The minimum Gasteiger partial charge on any atom is -0.335 e. The van der Waals surface area contributed by atoms with E-state index in [1.807, 2.05) is 50.2 Å². The van der Waals surface area contributed by atoms with Crippen LogP contribution in [0, 0.1) is 13.8 Å². The average molecular weight is 445 g/mol. The number of aromatic nitrogens is 1. The number of benzene rings is 2. The van der Waals surface area contributed by atoms with Gasteiger partial charge >= 0.3 is 0 Å². The smallest absolute Gasteiger partial charge is 0.270 e. The van der Waals surface area contributed by atoms with E-state index in [1.54, 1.807) is 44.8 Å². The number of carbonyl (C=O) groups is 3. The molecular formula is C26H28N4O3. The lowest BCUT2D eigenvalue weighted by atomic mass is 10.1. The van der Waals surface area contributed by atoms with Crippen LogP contribution in [0.5, 0.6) is 0 Å². The summed E-state index contributed by atoms with van der Waals surface area (Å²) in [5.74, 6) is -0.342. The maximum absolute atomic E-state index is 13.1. The van der Waals surface area contributed by atoms with E-state index in [-0.39, 0.29) is 24.3 Å². The third-order valence-electron chi connectivity index (χ3n) is 5.89. The number of nitrogens with zero attached hydrogens (tertiary/aromatic N) is 3. The van der Waals surface area contributed by atoms with Gasteiger partial charge in [0.2, 0.25) is 5.91 Å². The first kappa shape index (κ1) is 22.3. The van der Waals surface area contributed by atoms with Crippen molar-refractivity contribution in [3.8, 4) is 0 Å². The minimum absolute atomic E-state index is 0.0193. The maximum Gasteiger partial charge on any atom is 0.270 e. The molecule has 1 N–H and O–H groups in total. The van der Waals surface area contributed by atoms with Crippen molar-refractivity contribution in [1.82, 2.24) is 14.4 Å². The molecule has 1 aromatic heterocycles. The van der Waals surface area contributed by atoms with E-state index < -0.39 is 0 Å². The second-order valence-corrected chi connectivity index (χ2v) is 8.34. The van der Waals surface area contributed by atoms with Crippen LogP contribution < -0.4 is 5.32 Å². The van der Waals surface area contributed by atoms with Crippen molar-refractivity contribution in [2.45, 2.75) is 20.4 Å². The fraction of sp³-hybridized carbons (Fsp3) is 0.269. The van der Waals surface area contributed by atoms with Gasteiger partial charge in [-0.1, -0.05) is 35.9 Å². The van der Waals surface area contributed by atoms with E-state index >= 15 is 0 Å². The molecule has 0 saturated carbocycles. The van der Waals surface area contributed by atoms with Gasteiger partial charge in [0.15, 0.2) is 0 Å². The molecule has 170 valence electrons. The van der Waals surface area contributed by atoms with Crippen LogP contribution in [-0.2, 0) is 11.3 Å². The molecule has 7 nitrogen and oxygen atoms in total. The molecule has 4 rings (SSSR count). The van der Waals surface area contributed by atoms with Gasteiger partial charge in [-0.25, -0.2) is 0 Å². The molecule has 7 heteroatoms. The highest BCUT2D eigenvalue weighted by molar-refractivity contribution is 5.96. The van der Waals surface area contributed by atoms with Gasteiger partial charge in [-0.05, 0) is 49.7 Å². The number of amides is 3. The zero-order valence-corrected chi connectivity index (χ0v) is 19.0. The topological polar surface area (TPSA) is 74.7 Å². The molecule has 3 aromatic rings. The summed E-state index contributed by atoms with van der Waals surface area (Å²) in [4.78, 5) is 41.9. The van der Waals surface area contributed by atoms with Gasteiger partial charge in [0, 0.05) is 43.6 Å². The van der Waals surface area contributed by atoms with Crippen molar-refractivity contribution >= 4 is 23.4 Å². The Hall–Kier alpha value is -3.87. The summed E-state index contributed by atoms with van der Waals surface area (Å²) in [6.07, 6.45) is 1.74. The van der Waals surface area contributed by atoms with E-state index in [2.05, 4.69) is 5.32 Å². The van der Waals surface area contributed by atoms with Crippen molar-refractivity contribution in [3.63, 3.8) is 0 Å². The number of anilines is 1. The molecular weight excluding hydrogens is 416 g/mol. The highest BCUT2D eigenvalue weighted by atomic mass is 16.2. The largest absolute Gasteiger partial charge is 0.335 e. The third-order valence-corrected chi connectivity index (χ3v) is 5.89. The normalized spacial score (nSPS) is 13.6. The van der Waals surface area contributed by atoms with Crippen LogP contribution in [0.4, 0.5) is 5.69 Å². The van der Waals surface area contributed by atoms with E-state index in [0.717, 1.165) is 16.8 Å². The van der Waals surface area contributed by atoms with E-state index in [1.165, 1.54) is 0 Å². The average Bonchev–Trinajstić information content (AvgIpc) is 3.28. The number of hydrogen-bond acceptors (Lipinski definition) is 3. The Balaban J connectivity index is 1.36. The summed E-state index contributed by atoms with van der Waals surface area (Å²) in [5.41, 5.74) is 4.02. The van der Waals surface area contributed by atoms with Gasteiger partial charge in [0.05, 0.1) is 0 Å². The van der Waals surface area contributed by atoms with Crippen molar-refractivity contribution in [2.24, 2.45) is 0 Å². The summed E-state index contributed by atoms with van der Waals surface area (Å²) < 4.78 is 1.67. The minimum atomic E-state index is -0.189. The van der Waals surface area contributed by atoms with E-state index in [9.17, 15) is 14.4 Å². The molecule has 1 aliphatic heterocycles. The van der Waals surface area contributed by atoms with E-state index in [4.69, 9.17) is 0 Å². The van der Waals surface area contributed by atoms with Crippen molar-refractivity contribution in [1.29, 1.82) is 0 Å². The Bertz CT molecular complexity index is 1160. The van der Waals surface area contributed by atoms with Crippen LogP contribution >= 0.6 is 0 Å². The second kappa shape index (κ2) is 9.73. The SMILES string of the molecule is Cc1ccc(NC(=O)Cn2cccc2C(=O)N2CCN(C(=O)c3ccccc3)CC2)c(C)c1. The number of rotatable bonds is 5. The van der Waals surface area contributed by atoms with Crippen molar-refractivity contribution in [2.75, 3.05) is 31.5 Å². The molecule has 0 bridgehead atoms. The Kier molecular flexibility index (Phi) is 6.58. The van der Waals surface area contributed by atoms with Crippen LogP contribution in [0.1, 0.15) is 32.0 Å². The Morgan fingerprint density at radius 3 is 2.15 bits per heavy atom. The fourth-order valence-electron chi connectivity index (χ4n) is 4.08. The number of carbonyl (C=O) groups excluding carboxylic acids is 3. The van der Waals surface area contributed by atoms with Gasteiger partial charge in [0.25, 0.3) is 11.8 Å². The second-order valence-electron chi connectivity index (χ2n) is 8.34.